The van der Waals surface area contributed by atoms with Crippen molar-refractivity contribution in [2.45, 2.75) is 13.5 Å². The lowest BCUT2D eigenvalue weighted by atomic mass is 10.1. The van der Waals surface area contributed by atoms with Crippen molar-refractivity contribution in [3.05, 3.63) is 60.1 Å². The third kappa shape index (κ3) is 2.53. The zero-order valence-electron chi connectivity index (χ0n) is 14.1. The number of fused-ring (bicyclic) bond motifs is 2. The van der Waals surface area contributed by atoms with Gasteiger partial charge >= 0.3 is 0 Å². The molecule has 0 bridgehead atoms. The number of H-pyrrole nitrogens is 2. The molecule has 1 aliphatic rings. The summed E-state index contributed by atoms with van der Waals surface area (Å²) in [6.07, 6.45) is 6.28. The molecular formula is C20H19N5. The van der Waals surface area contributed by atoms with Crippen molar-refractivity contribution in [3.8, 4) is 11.3 Å². The molecule has 5 nitrogen and oxygen atoms in total. The number of aryl methyl sites for hydroxylation is 1. The predicted molar refractivity (Wildman–Crippen MR) is 100 cm³/mol. The van der Waals surface area contributed by atoms with Crippen molar-refractivity contribution >= 4 is 22.1 Å². The number of hydrogen-bond donors (Lipinski definition) is 2. The zero-order chi connectivity index (χ0) is 16.8. The summed E-state index contributed by atoms with van der Waals surface area (Å²) >= 11 is 0. The molecule has 0 saturated carbocycles. The van der Waals surface area contributed by atoms with Crippen LogP contribution in [0.5, 0.6) is 0 Å². The van der Waals surface area contributed by atoms with Gasteiger partial charge in [0.05, 0.1) is 5.52 Å². The fourth-order valence-electron chi connectivity index (χ4n) is 3.59. The normalized spacial score (nSPS) is 14.9. The third-order valence-corrected chi connectivity index (χ3v) is 4.79. The highest BCUT2D eigenvalue weighted by Crippen LogP contribution is 2.29. The molecule has 2 N–H and O–H groups in total. The fourth-order valence-corrected chi connectivity index (χ4v) is 3.59. The van der Waals surface area contributed by atoms with E-state index in [0.717, 1.165) is 53.4 Å². The third-order valence-electron chi connectivity index (χ3n) is 4.79. The molecule has 3 aromatic heterocycles. The van der Waals surface area contributed by atoms with Crippen LogP contribution < -0.4 is 0 Å². The maximum Gasteiger partial charge on any atom is 0.178 e. The second-order valence-corrected chi connectivity index (χ2v) is 6.65. The van der Waals surface area contributed by atoms with Gasteiger partial charge in [0.2, 0.25) is 0 Å². The van der Waals surface area contributed by atoms with E-state index < -0.39 is 0 Å². The van der Waals surface area contributed by atoms with Crippen LogP contribution in [0, 0.1) is 6.92 Å². The summed E-state index contributed by atoms with van der Waals surface area (Å²) in [5.41, 5.74) is 6.43. The van der Waals surface area contributed by atoms with Gasteiger partial charge in [-0.25, -0.2) is 9.97 Å². The van der Waals surface area contributed by atoms with E-state index >= 15 is 0 Å². The SMILES string of the molecule is Cc1nc2nccc(-c3cc4cc(CN5CC=CC5)ccc4[nH]3)c2[nH]1. The number of aromatic amines is 2. The quantitative estimate of drug-likeness (QED) is 0.562. The van der Waals surface area contributed by atoms with E-state index in [2.05, 4.69) is 61.3 Å². The van der Waals surface area contributed by atoms with Crippen LogP contribution in [-0.2, 0) is 6.54 Å². The summed E-state index contributed by atoms with van der Waals surface area (Å²) in [5, 5.41) is 1.24. The Kier molecular flexibility index (Phi) is 3.21. The van der Waals surface area contributed by atoms with Gasteiger partial charge in [-0.3, -0.25) is 4.90 Å². The minimum Gasteiger partial charge on any atom is -0.354 e. The Labute approximate surface area is 145 Å². The summed E-state index contributed by atoms with van der Waals surface area (Å²) in [6, 6.07) is 10.9. The molecule has 0 unspecified atom stereocenters. The number of benzene rings is 1. The predicted octanol–water partition coefficient (Wildman–Crippen LogP) is 3.79. The smallest absolute Gasteiger partial charge is 0.178 e. The molecule has 25 heavy (non-hydrogen) atoms. The highest BCUT2D eigenvalue weighted by atomic mass is 15.1. The lowest BCUT2D eigenvalue weighted by Gasteiger charge is -2.14. The van der Waals surface area contributed by atoms with Crippen LogP contribution in [0.15, 0.2) is 48.7 Å². The molecule has 0 radical (unpaired) electrons. The van der Waals surface area contributed by atoms with Gasteiger partial charge in [-0.05, 0) is 36.8 Å². The average Bonchev–Trinajstić information content (AvgIpc) is 3.32. The maximum absolute atomic E-state index is 4.43. The zero-order valence-corrected chi connectivity index (χ0v) is 14.1. The van der Waals surface area contributed by atoms with Crippen LogP contribution in [0.1, 0.15) is 11.4 Å². The summed E-state index contributed by atoms with van der Waals surface area (Å²) in [7, 11) is 0. The van der Waals surface area contributed by atoms with Gasteiger partial charge < -0.3 is 9.97 Å². The molecule has 4 heterocycles. The Balaban J connectivity index is 1.55. The first kappa shape index (κ1) is 14.4. The van der Waals surface area contributed by atoms with E-state index in [9.17, 15) is 0 Å². The second-order valence-electron chi connectivity index (χ2n) is 6.65. The second kappa shape index (κ2) is 5.57. The lowest BCUT2D eigenvalue weighted by molar-refractivity contribution is 0.345. The molecular weight excluding hydrogens is 310 g/mol. The molecule has 0 fully saturated rings. The molecule has 0 spiro atoms. The van der Waals surface area contributed by atoms with E-state index in [1.54, 1.807) is 0 Å². The van der Waals surface area contributed by atoms with E-state index in [-0.39, 0.29) is 0 Å². The Morgan fingerprint density at radius 3 is 2.84 bits per heavy atom. The highest BCUT2D eigenvalue weighted by molar-refractivity contribution is 5.94. The van der Waals surface area contributed by atoms with Crippen LogP contribution in [0.4, 0.5) is 0 Å². The Hall–Kier alpha value is -2.92. The number of aromatic nitrogens is 4. The van der Waals surface area contributed by atoms with Crippen molar-refractivity contribution in [3.63, 3.8) is 0 Å². The molecule has 1 aromatic carbocycles. The Morgan fingerprint density at radius 1 is 1.08 bits per heavy atom. The number of nitrogens with zero attached hydrogens (tertiary/aromatic N) is 3. The molecule has 1 aliphatic heterocycles. The summed E-state index contributed by atoms with van der Waals surface area (Å²) in [6.45, 7) is 5.04. The number of pyridine rings is 1. The largest absolute Gasteiger partial charge is 0.354 e. The first-order valence-electron chi connectivity index (χ1n) is 8.57. The number of hydrogen-bond acceptors (Lipinski definition) is 3. The van der Waals surface area contributed by atoms with Crippen molar-refractivity contribution in [1.82, 2.24) is 24.8 Å². The number of imidazole rings is 1. The van der Waals surface area contributed by atoms with Gasteiger partial charge in [0.1, 0.15) is 5.82 Å². The standard InChI is InChI=1S/C20H19N5/c1-13-22-19-16(6-7-21-20(19)23-13)18-11-15-10-14(4-5-17(15)24-18)12-25-8-2-3-9-25/h2-7,10-11,24H,8-9,12H2,1H3,(H,21,22,23). The van der Waals surface area contributed by atoms with Crippen LogP contribution >= 0.6 is 0 Å². The monoisotopic (exact) mass is 329 g/mol. The minimum absolute atomic E-state index is 0.760. The van der Waals surface area contributed by atoms with Gasteiger partial charge in [-0.15, -0.1) is 0 Å². The first-order chi connectivity index (χ1) is 12.3. The van der Waals surface area contributed by atoms with Crippen LogP contribution in [0.3, 0.4) is 0 Å². The average molecular weight is 329 g/mol. The van der Waals surface area contributed by atoms with E-state index in [0.29, 0.717) is 0 Å². The van der Waals surface area contributed by atoms with Crippen LogP contribution in [0.25, 0.3) is 33.3 Å². The molecule has 5 rings (SSSR count). The molecule has 4 aromatic rings. The van der Waals surface area contributed by atoms with Gasteiger partial charge in [0.25, 0.3) is 0 Å². The summed E-state index contributed by atoms with van der Waals surface area (Å²) < 4.78 is 0. The Bertz CT molecular complexity index is 1090. The van der Waals surface area contributed by atoms with Crippen LogP contribution in [-0.4, -0.2) is 37.9 Å². The first-order valence-corrected chi connectivity index (χ1v) is 8.57. The van der Waals surface area contributed by atoms with Crippen molar-refractivity contribution in [2.75, 3.05) is 13.1 Å². The number of nitrogens with one attached hydrogen (secondary N) is 2. The van der Waals surface area contributed by atoms with Crippen molar-refractivity contribution < 1.29 is 0 Å². The minimum atomic E-state index is 0.760. The lowest BCUT2D eigenvalue weighted by Crippen LogP contribution is -2.18. The van der Waals surface area contributed by atoms with Crippen molar-refractivity contribution in [2.24, 2.45) is 0 Å². The van der Waals surface area contributed by atoms with E-state index in [1.807, 2.05) is 19.2 Å². The van der Waals surface area contributed by atoms with Gasteiger partial charge in [-0.1, -0.05) is 18.2 Å². The van der Waals surface area contributed by atoms with Gasteiger partial charge in [0.15, 0.2) is 5.65 Å². The maximum atomic E-state index is 4.43. The van der Waals surface area contributed by atoms with E-state index in [1.165, 1.54) is 10.9 Å². The molecule has 0 amide bonds. The summed E-state index contributed by atoms with van der Waals surface area (Å²) in [4.78, 5) is 18.1. The fraction of sp³-hybridized carbons (Fsp3) is 0.200. The van der Waals surface area contributed by atoms with E-state index in [4.69, 9.17) is 0 Å². The molecule has 124 valence electrons. The molecule has 0 saturated heterocycles. The Morgan fingerprint density at radius 2 is 1.96 bits per heavy atom. The van der Waals surface area contributed by atoms with Crippen LogP contribution in [0.2, 0.25) is 0 Å². The topological polar surface area (TPSA) is 60.6 Å². The van der Waals surface area contributed by atoms with Gasteiger partial charge in [0, 0.05) is 48.0 Å². The highest BCUT2D eigenvalue weighted by Gasteiger charge is 2.12. The number of rotatable bonds is 3. The van der Waals surface area contributed by atoms with Crippen molar-refractivity contribution in [1.29, 1.82) is 0 Å². The molecule has 0 atom stereocenters. The van der Waals surface area contributed by atoms with Gasteiger partial charge in [-0.2, -0.15) is 0 Å². The molecule has 0 aliphatic carbocycles. The summed E-state index contributed by atoms with van der Waals surface area (Å²) in [5.74, 6) is 0.882. The molecule has 5 heteroatoms.